The molecule has 1 aromatic carbocycles. The van der Waals surface area contributed by atoms with Gasteiger partial charge in [-0.3, -0.25) is 5.10 Å². The Morgan fingerprint density at radius 1 is 1.33 bits per heavy atom. The van der Waals surface area contributed by atoms with Crippen molar-refractivity contribution in [3.8, 4) is 0 Å². The minimum atomic E-state index is -3.62. The number of nitrogens with zero attached hydrogens (tertiary/aromatic N) is 2. The molecule has 0 aliphatic rings. The Labute approximate surface area is 124 Å². The lowest BCUT2D eigenvalue weighted by atomic mass is 10.2. The van der Waals surface area contributed by atoms with E-state index in [4.69, 9.17) is 0 Å². The van der Waals surface area contributed by atoms with Crippen LogP contribution in [0.4, 0.5) is 0 Å². The highest BCUT2D eigenvalue weighted by molar-refractivity contribution is 7.89. The Morgan fingerprint density at radius 2 is 2.10 bits per heavy atom. The van der Waals surface area contributed by atoms with Crippen LogP contribution in [0.25, 0.3) is 0 Å². The molecule has 0 radical (unpaired) electrons. The minimum absolute atomic E-state index is 0.275. The molecule has 2 aromatic rings. The zero-order chi connectivity index (χ0) is 15.3. The van der Waals surface area contributed by atoms with E-state index in [9.17, 15) is 8.42 Å². The fourth-order valence-electron chi connectivity index (χ4n) is 1.95. The topological polar surface area (TPSA) is 99.8 Å². The Balaban J connectivity index is 2.23. The molecule has 0 amide bonds. The summed E-state index contributed by atoms with van der Waals surface area (Å²) in [6.07, 6.45) is 1.35. The van der Waals surface area contributed by atoms with Crippen molar-refractivity contribution in [1.29, 1.82) is 0 Å². The summed E-state index contributed by atoms with van der Waals surface area (Å²) in [6.45, 7) is 4.97. The lowest BCUT2D eigenvalue weighted by Gasteiger charge is -2.14. The van der Waals surface area contributed by atoms with Crippen LogP contribution in [0.2, 0.25) is 0 Å². The first-order valence-electron chi connectivity index (χ1n) is 6.71. The molecular weight excluding hydrogens is 290 g/mol. The van der Waals surface area contributed by atoms with Crippen LogP contribution in [0.1, 0.15) is 31.3 Å². The SMILES string of the molecule is CCNCc1ccccc1S(=O)(=O)NC(C)c1ncn[nH]1. The quantitative estimate of drug-likeness (QED) is 0.707. The highest BCUT2D eigenvalue weighted by Crippen LogP contribution is 2.18. The van der Waals surface area contributed by atoms with Crippen molar-refractivity contribution in [3.63, 3.8) is 0 Å². The second-order valence-corrected chi connectivity index (χ2v) is 6.28. The summed E-state index contributed by atoms with van der Waals surface area (Å²) in [5.41, 5.74) is 0.733. The molecule has 0 spiro atoms. The Bertz CT molecular complexity index is 670. The summed E-state index contributed by atoms with van der Waals surface area (Å²) in [5, 5.41) is 9.52. The van der Waals surface area contributed by atoms with Crippen LogP contribution in [0, 0.1) is 0 Å². The smallest absolute Gasteiger partial charge is 0.241 e. The summed E-state index contributed by atoms with van der Waals surface area (Å²) in [7, 11) is -3.62. The van der Waals surface area contributed by atoms with Crippen molar-refractivity contribution in [2.45, 2.75) is 31.3 Å². The largest absolute Gasteiger partial charge is 0.313 e. The Hall–Kier alpha value is -1.77. The zero-order valence-electron chi connectivity index (χ0n) is 12.0. The van der Waals surface area contributed by atoms with E-state index in [-0.39, 0.29) is 4.90 Å². The number of aromatic nitrogens is 3. The molecule has 0 saturated carbocycles. The van der Waals surface area contributed by atoms with Crippen LogP contribution < -0.4 is 10.0 Å². The number of H-pyrrole nitrogens is 1. The Kier molecular flexibility index (Phi) is 5.05. The van der Waals surface area contributed by atoms with E-state index < -0.39 is 16.1 Å². The maximum atomic E-state index is 12.5. The number of nitrogens with one attached hydrogen (secondary N) is 3. The number of benzene rings is 1. The van der Waals surface area contributed by atoms with Crippen molar-refractivity contribution in [1.82, 2.24) is 25.2 Å². The lowest BCUT2D eigenvalue weighted by Crippen LogP contribution is -2.29. The van der Waals surface area contributed by atoms with Crippen molar-refractivity contribution in [2.75, 3.05) is 6.54 Å². The predicted molar refractivity (Wildman–Crippen MR) is 78.9 cm³/mol. The summed E-state index contributed by atoms with van der Waals surface area (Å²) in [5.74, 6) is 0.475. The summed E-state index contributed by atoms with van der Waals surface area (Å²) < 4.78 is 27.6. The minimum Gasteiger partial charge on any atom is -0.313 e. The van der Waals surface area contributed by atoms with Gasteiger partial charge in [0.2, 0.25) is 10.0 Å². The van der Waals surface area contributed by atoms with Gasteiger partial charge in [-0.2, -0.15) is 5.10 Å². The maximum absolute atomic E-state index is 12.5. The van der Waals surface area contributed by atoms with Crippen LogP contribution in [0.3, 0.4) is 0 Å². The first-order chi connectivity index (χ1) is 10.0. The van der Waals surface area contributed by atoms with Crippen molar-refractivity contribution in [2.24, 2.45) is 0 Å². The number of aromatic amines is 1. The van der Waals surface area contributed by atoms with Gasteiger partial charge in [-0.05, 0) is 25.1 Å². The molecule has 7 nitrogen and oxygen atoms in total. The second-order valence-electron chi connectivity index (χ2n) is 4.60. The highest BCUT2D eigenvalue weighted by Gasteiger charge is 2.22. The Morgan fingerprint density at radius 3 is 2.76 bits per heavy atom. The van der Waals surface area contributed by atoms with Gasteiger partial charge in [-0.15, -0.1) is 0 Å². The molecule has 0 aliphatic heterocycles. The van der Waals surface area contributed by atoms with Gasteiger partial charge in [0, 0.05) is 6.54 Å². The van der Waals surface area contributed by atoms with Crippen LogP contribution in [-0.2, 0) is 16.6 Å². The average molecular weight is 309 g/mol. The molecule has 1 atom stereocenters. The van der Waals surface area contributed by atoms with Crippen molar-refractivity contribution in [3.05, 3.63) is 42.0 Å². The van der Waals surface area contributed by atoms with Crippen LogP contribution >= 0.6 is 0 Å². The first-order valence-corrected chi connectivity index (χ1v) is 8.19. The molecule has 1 aromatic heterocycles. The molecule has 3 N–H and O–H groups in total. The molecule has 8 heteroatoms. The molecule has 0 aliphatic carbocycles. The fourth-order valence-corrected chi connectivity index (χ4v) is 3.39. The van der Waals surface area contributed by atoms with Gasteiger partial charge in [0.05, 0.1) is 10.9 Å². The third-order valence-corrected chi connectivity index (χ3v) is 4.64. The predicted octanol–water partition coefficient (Wildman–Crippen LogP) is 0.954. The van der Waals surface area contributed by atoms with E-state index >= 15 is 0 Å². The molecule has 1 unspecified atom stereocenters. The highest BCUT2D eigenvalue weighted by atomic mass is 32.2. The molecule has 21 heavy (non-hydrogen) atoms. The molecular formula is C13H19N5O2S. The van der Waals surface area contributed by atoms with E-state index in [0.29, 0.717) is 12.4 Å². The van der Waals surface area contributed by atoms with E-state index in [1.807, 2.05) is 13.0 Å². The van der Waals surface area contributed by atoms with Crippen LogP contribution in [0.15, 0.2) is 35.5 Å². The number of hydrogen-bond acceptors (Lipinski definition) is 5. The van der Waals surface area contributed by atoms with Crippen molar-refractivity contribution < 1.29 is 8.42 Å². The molecule has 114 valence electrons. The monoisotopic (exact) mass is 309 g/mol. The van der Waals surface area contributed by atoms with Gasteiger partial charge in [-0.1, -0.05) is 25.1 Å². The summed E-state index contributed by atoms with van der Waals surface area (Å²) in [6, 6.07) is 6.46. The lowest BCUT2D eigenvalue weighted by molar-refractivity contribution is 0.558. The van der Waals surface area contributed by atoms with Gasteiger partial charge >= 0.3 is 0 Å². The van der Waals surface area contributed by atoms with Crippen LogP contribution in [-0.4, -0.2) is 30.1 Å². The van der Waals surface area contributed by atoms with Gasteiger partial charge in [0.1, 0.15) is 12.2 Å². The van der Waals surface area contributed by atoms with Gasteiger partial charge in [-0.25, -0.2) is 18.1 Å². The summed E-state index contributed by atoms with van der Waals surface area (Å²) >= 11 is 0. The first kappa shape index (κ1) is 15.6. The molecule has 0 saturated heterocycles. The van der Waals surface area contributed by atoms with Crippen molar-refractivity contribution >= 4 is 10.0 Å². The average Bonchev–Trinajstić information content (AvgIpc) is 2.99. The van der Waals surface area contributed by atoms with E-state index in [1.54, 1.807) is 25.1 Å². The van der Waals surface area contributed by atoms with E-state index in [2.05, 4.69) is 25.2 Å². The number of rotatable bonds is 7. The van der Waals surface area contributed by atoms with E-state index in [1.165, 1.54) is 6.33 Å². The van der Waals surface area contributed by atoms with Gasteiger partial charge in [0.15, 0.2) is 0 Å². The normalized spacial score (nSPS) is 13.2. The van der Waals surface area contributed by atoms with E-state index in [0.717, 1.165) is 12.1 Å². The third-order valence-electron chi connectivity index (χ3n) is 3.00. The molecule has 2 rings (SSSR count). The van der Waals surface area contributed by atoms with Gasteiger partial charge in [0.25, 0.3) is 0 Å². The third kappa shape index (κ3) is 3.87. The summed E-state index contributed by atoms with van der Waals surface area (Å²) in [4.78, 5) is 4.24. The number of hydrogen-bond donors (Lipinski definition) is 3. The number of sulfonamides is 1. The molecule has 1 heterocycles. The standard InChI is InChI=1S/C13H19N5O2S/c1-3-14-8-11-6-4-5-7-12(11)21(19,20)18-10(2)13-15-9-16-17-13/h4-7,9-10,14,18H,3,8H2,1-2H3,(H,15,16,17). The molecule has 0 fully saturated rings. The van der Waals surface area contributed by atoms with Gasteiger partial charge < -0.3 is 5.32 Å². The maximum Gasteiger partial charge on any atom is 0.241 e. The fraction of sp³-hybridized carbons (Fsp3) is 0.385. The molecule has 0 bridgehead atoms. The van der Waals surface area contributed by atoms with Crippen LogP contribution in [0.5, 0.6) is 0 Å². The zero-order valence-corrected chi connectivity index (χ0v) is 12.8. The second kappa shape index (κ2) is 6.79.